The zero-order chi connectivity index (χ0) is 16.3. The molecule has 0 spiro atoms. The van der Waals surface area contributed by atoms with Gasteiger partial charge in [0.15, 0.2) is 11.5 Å². The van der Waals surface area contributed by atoms with Crippen LogP contribution in [0, 0.1) is 0 Å². The first-order chi connectivity index (χ1) is 10.5. The minimum Gasteiger partial charge on any atom is -0.504 e. The van der Waals surface area contributed by atoms with E-state index in [1.807, 2.05) is 0 Å². The molecule has 0 atom stereocenters. The minimum atomic E-state index is -1.10. The van der Waals surface area contributed by atoms with Crippen molar-refractivity contribution in [3.8, 4) is 11.5 Å². The fraction of sp³-hybridized carbons (Fsp3) is 0. The van der Waals surface area contributed by atoms with Gasteiger partial charge in [-0.2, -0.15) is 5.10 Å². The number of carbonyl (C=O) groups excluding carboxylic acids is 1. The Morgan fingerprint density at radius 2 is 1.55 bits per heavy atom. The number of aromatic carboxylic acids is 1. The molecule has 2 aromatic rings. The van der Waals surface area contributed by atoms with Crippen molar-refractivity contribution >= 4 is 17.5 Å². The monoisotopic (exact) mass is 300 g/mol. The summed E-state index contributed by atoms with van der Waals surface area (Å²) in [4.78, 5) is 23.2. The van der Waals surface area contributed by atoms with Crippen LogP contribution in [0.2, 0.25) is 0 Å². The van der Waals surface area contributed by atoms with Crippen LogP contribution in [0.15, 0.2) is 47.6 Å². The first kappa shape index (κ1) is 15.0. The Morgan fingerprint density at radius 3 is 2.09 bits per heavy atom. The lowest BCUT2D eigenvalue weighted by Gasteiger charge is -2.08. The summed E-state index contributed by atoms with van der Waals surface area (Å²) >= 11 is 0. The third-order valence-electron chi connectivity index (χ3n) is 3.01. The third-order valence-corrected chi connectivity index (χ3v) is 3.01. The molecular weight excluding hydrogens is 288 g/mol. The molecule has 0 amide bonds. The highest BCUT2D eigenvalue weighted by atomic mass is 16.4. The van der Waals surface area contributed by atoms with Gasteiger partial charge >= 0.3 is 5.97 Å². The summed E-state index contributed by atoms with van der Waals surface area (Å²) in [6, 6.07) is 9.31. The molecule has 0 heterocycles. The molecule has 0 radical (unpaired) electrons. The van der Waals surface area contributed by atoms with Crippen LogP contribution in [0.1, 0.15) is 26.3 Å². The largest absolute Gasteiger partial charge is 0.504 e. The summed E-state index contributed by atoms with van der Waals surface area (Å²) in [5.41, 5.74) is 0.0114. The average Bonchev–Trinajstić information content (AvgIpc) is 2.51. The van der Waals surface area contributed by atoms with Crippen molar-refractivity contribution < 1.29 is 24.9 Å². The summed E-state index contributed by atoms with van der Waals surface area (Å²) < 4.78 is 0. The second-order valence-electron chi connectivity index (χ2n) is 4.36. The molecule has 7 heteroatoms. The van der Waals surface area contributed by atoms with E-state index in [9.17, 15) is 19.8 Å². The average molecular weight is 300 g/mol. The van der Waals surface area contributed by atoms with Crippen LogP contribution >= 0.6 is 0 Å². The van der Waals surface area contributed by atoms with Crippen molar-refractivity contribution in [3.05, 3.63) is 59.2 Å². The van der Waals surface area contributed by atoms with Gasteiger partial charge in [-0.25, -0.2) is 4.79 Å². The van der Waals surface area contributed by atoms with Gasteiger partial charge < -0.3 is 21.2 Å². The van der Waals surface area contributed by atoms with Crippen LogP contribution in [0.25, 0.3) is 0 Å². The first-order valence-corrected chi connectivity index (χ1v) is 6.13. The molecule has 0 saturated heterocycles. The van der Waals surface area contributed by atoms with Crippen LogP contribution in [-0.4, -0.2) is 32.8 Å². The number of ketones is 1. The second kappa shape index (κ2) is 5.96. The number of nitrogens with two attached hydrogens (primary N) is 1. The van der Waals surface area contributed by atoms with Crippen molar-refractivity contribution in [1.29, 1.82) is 0 Å². The normalized spacial score (nSPS) is 11.2. The van der Waals surface area contributed by atoms with Crippen molar-refractivity contribution in [1.82, 2.24) is 0 Å². The van der Waals surface area contributed by atoms with Crippen molar-refractivity contribution in [2.24, 2.45) is 10.9 Å². The number of aromatic hydroxyl groups is 2. The molecule has 0 bridgehead atoms. The van der Waals surface area contributed by atoms with Gasteiger partial charge in [0.05, 0.1) is 11.1 Å². The van der Waals surface area contributed by atoms with Crippen molar-refractivity contribution in [3.63, 3.8) is 0 Å². The molecule has 2 rings (SSSR count). The van der Waals surface area contributed by atoms with Gasteiger partial charge in [-0.05, 0) is 24.3 Å². The number of carboxylic acids is 1. The molecule has 22 heavy (non-hydrogen) atoms. The Balaban J connectivity index is 2.42. The lowest BCUT2D eigenvalue weighted by molar-refractivity contribution is 0.0696. The van der Waals surface area contributed by atoms with E-state index in [0.29, 0.717) is 5.56 Å². The van der Waals surface area contributed by atoms with E-state index in [1.54, 1.807) is 0 Å². The Labute approximate surface area is 124 Å². The number of para-hydroxylation sites is 1. The molecule has 0 aromatic heterocycles. The van der Waals surface area contributed by atoms with Gasteiger partial charge in [0.2, 0.25) is 5.78 Å². The summed E-state index contributed by atoms with van der Waals surface area (Å²) in [6.07, 6.45) is 0. The predicted octanol–water partition coefficient (Wildman–Crippen LogP) is 1.34. The Morgan fingerprint density at radius 1 is 0.955 bits per heavy atom. The molecule has 112 valence electrons. The number of hydrogen-bond acceptors (Lipinski definition) is 6. The number of nitrogens with zero attached hydrogens (tertiary/aromatic N) is 1. The second-order valence-corrected chi connectivity index (χ2v) is 4.36. The van der Waals surface area contributed by atoms with Gasteiger partial charge in [-0.3, -0.25) is 4.79 Å². The molecule has 0 aliphatic rings. The number of phenolic OH excluding ortho intramolecular Hbond substituents is 2. The van der Waals surface area contributed by atoms with E-state index in [-0.39, 0.29) is 16.8 Å². The molecule has 2 aromatic carbocycles. The summed E-state index contributed by atoms with van der Waals surface area (Å²) in [7, 11) is 0. The lowest BCUT2D eigenvalue weighted by atomic mass is 9.99. The molecule has 0 aliphatic heterocycles. The quantitative estimate of drug-likeness (QED) is 0.221. The van der Waals surface area contributed by atoms with Crippen LogP contribution in [0.5, 0.6) is 11.5 Å². The highest BCUT2D eigenvalue weighted by Gasteiger charge is 2.21. The van der Waals surface area contributed by atoms with Crippen molar-refractivity contribution in [2.45, 2.75) is 0 Å². The van der Waals surface area contributed by atoms with Gasteiger partial charge in [0, 0.05) is 5.56 Å². The number of rotatable bonds is 4. The maximum Gasteiger partial charge on any atom is 0.335 e. The summed E-state index contributed by atoms with van der Waals surface area (Å²) in [5, 5.41) is 31.4. The van der Waals surface area contributed by atoms with E-state index < -0.39 is 23.3 Å². The Hall–Kier alpha value is -3.35. The summed E-state index contributed by atoms with van der Waals surface area (Å²) in [5.74, 6) is 2.42. The predicted molar refractivity (Wildman–Crippen MR) is 78.2 cm³/mol. The number of phenols is 2. The van der Waals surface area contributed by atoms with Crippen LogP contribution in [0.4, 0.5) is 0 Å². The number of Topliss-reactive ketones (excluding diaryl/α,β-unsaturated/α-hetero) is 1. The standard InChI is InChI=1S/C15H12N2O5/c16-17-12(8-4-6-9(7-5-8)15(21)22)14(20)10-2-1-3-11(18)13(10)19/h1-7,18-19H,16H2,(H,21,22). The van der Waals surface area contributed by atoms with Gasteiger partial charge in [-0.1, -0.05) is 18.2 Å². The lowest BCUT2D eigenvalue weighted by Crippen LogP contribution is -2.18. The zero-order valence-electron chi connectivity index (χ0n) is 11.2. The van der Waals surface area contributed by atoms with E-state index in [0.717, 1.165) is 0 Å². The van der Waals surface area contributed by atoms with E-state index >= 15 is 0 Å². The maximum absolute atomic E-state index is 12.4. The topological polar surface area (TPSA) is 133 Å². The van der Waals surface area contributed by atoms with Gasteiger partial charge in [0.25, 0.3) is 0 Å². The minimum absolute atomic E-state index is 0.0489. The molecule has 0 aliphatic carbocycles. The van der Waals surface area contributed by atoms with E-state index in [4.69, 9.17) is 10.9 Å². The molecule has 0 unspecified atom stereocenters. The Bertz CT molecular complexity index is 766. The van der Waals surface area contributed by atoms with Crippen LogP contribution < -0.4 is 5.84 Å². The molecular formula is C15H12N2O5. The number of benzene rings is 2. The number of hydrogen-bond donors (Lipinski definition) is 4. The first-order valence-electron chi connectivity index (χ1n) is 6.13. The molecule has 0 fully saturated rings. The number of hydrazone groups is 1. The van der Waals surface area contributed by atoms with Crippen LogP contribution in [-0.2, 0) is 0 Å². The number of carboxylic acid groups (broad SMARTS) is 1. The van der Waals surface area contributed by atoms with Crippen molar-refractivity contribution in [2.75, 3.05) is 0 Å². The highest BCUT2D eigenvalue weighted by molar-refractivity contribution is 6.51. The molecule has 7 nitrogen and oxygen atoms in total. The third kappa shape index (κ3) is 2.73. The molecule has 0 saturated carbocycles. The van der Waals surface area contributed by atoms with E-state index in [2.05, 4.69) is 5.10 Å². The van der Waals surface area contributed by atoms with E-state index in [1.165, 1.54) is 42.5 Å². The van der Waals surface area contributed by atoms with Gasteiger partial charge in [0.1, 0.15) is 5.71 Å². The summed E-state index contributed by atoms with van der Waals surface area (Å²) in [6.45, 7) is 0. The SMILES string of the molecule is NN=C(C(=O)c1cccc(O)c1O)c1ccc(C(=O)O)cc1. The fourth-order valence-corrected chi connectivity index (χ4v) is 1.88. The smallest absolute Gasteiger partial charge is 0.335 e. The van der Waals surface area contributed by atoms with Gasteiger partial charge in [-0.15, -0.1) is 0 Å². The zero-order valence-corrected chi connectivity index (χ0v) is 11.2. The Kier molecular flexibility index (Phi) is 4.08. The maximum atomic E-state index is 12.4. The number of carbonyl (C=O) groups is 2. The molecule has 5 N–H and O–H groups in total. The highest BCUT2D eigenvalue weighted by Crippen LogP contribution is 2.29. The fourth-order valence-electron chi connectivity index (χ4n) is 1.88. The van der Waals surface area contributed by atoms with Crippen LogP contribution in [0.3, 0.4) is 0 Å².